The Morgan fingerprint density at radius 2 is 0.944 bits per heavy atom. The van der Waals surface area contributed by atoms with Crippen molar-refractivity contribution in [3.05, 3.63) is 23.3 Å². The van der Waals surface area contributed by atoms with E-state index >= 15 is 0 Å². The van der Waals surface area contributed by atoms with Gasteiger partial charge in [0, 0.05) is 0 Å². The summed E-state index contributed by atoms with van der Waals surface area (Å²) in [5.74, 6) is 0. The van der Waals surface area contributed by atoms with Crippen LogP contribution in [-0.4, -0.2) is 38.7 Å². The van der Waals surface area contributed by atoms with Crippen molar-refractivity contribution in [3.8, 4) is 0 Å². The first-order valence-corrected chi connectivity index (χ1v) is 29.9. The fourth-order valence-corrected chi connectivity index (χ4v) is 22.6. The third kappa shape index (κ3) is 16.6. The lowest BCUT2D eigenvalue weighted by Gasteiger charge is -2.41. The zero-order valence-corrected chi connectivity index (χ0v) is 31.7. The zero-order valence-electron chi connectivity index (χ0n) is 25.9. The molecule has 214 valence electrons. The molecule has 0 heterocycles. The van der Waals surface area contributed by atoms with Gasteiger partial charge in [-0.2, -0.15) is 0 Å². The summed E-state index contributed by atoms with van der Waals surface area (Å²) in [6, 6.07) is 0. The van der Waals surface area contributed by atoms with Crippen LogP contribution >= 0.6 is 15.2 Å². The van der Waals surface area contributed by atoms with E-state index in [-0.39, 0.29) is 0 Å². The van der Waals surface area contributed by atoms with Crippen molar-refractivity contribution < 1.29 is 26.0 Å². The molecule has 0 radical (unpaired) electrons. The van der Waals surface area contributed by atoms with E-state index in [0.29, 0.717) is 12.8 Å². The van der Waals surface area contributed by atoms with Crippen LogP contribution in [0.2, 0.25) is 78.6 Å². The average Bonchev–Trinajstić information content (AvgIpc) is 2.50. The molecule has 0 rings (SSSR count). The van der Waals surface area contributed by atoms with Gasteiger partial charge in [0.25, 0.3) is 0 Å². The molecule has 0 N–H and O–H groups in total. The summed E-state index contributed by atoms with van der Waals surface area (Å²) in [4.78, 5) is 0. The minimum absolute atomic E-state index is 0.360. The standard InChI is InChI=1S/C24H56O6P2Si4/c1-22(2)18-16-19-23(3)20-17-21-24(31(25,27-33(4,5)6)28-34(7,8)9)32(26,29-35(10,11)12)30-36(13,14)15/h18,20,24H,16-17,19,21H2,1-15H3/b23-20+. The van der Waals surface area contributed by atoms with Gasteiger partial charge in [-0.05, 0) is 125 Å². The maximum Gasteiger partial charge on any atom is 0.326 e. The fourth-order valence-electron chi connectivity index (χ4n) is 3.47. The summed E-state index contributed by atoms with van der Waals surface area (Å²) in [5, 5.41) is -0.955. The van der Waals surface area contributed by atoms with Gasteiger partial charge in [0.05, 0.1) is 0 Å². The third-order valence-corrected chi connectivity index (χ3v) is 20.9. The van der Waals surface area contributed by atoms with E-state index in [0.717, 1.165) is 12.8 Å². The van der Waals surface area contributed by atoms with Gasteiger partial charge in [-0.15, -0.1) is 0 Å². The van der Waals surface area contributed by atoms with Crippen molar-refractivity contribution >= 4 is 48.5 Å². The molecule has 36 heavy (non-hydrogen) atoms. The Morgan fingerprint density at radius 3 is 1.22 bits per heavy atom. The van der Waals surface area contributed by atoms with Crippen LogP contribution in [0, 0.1) is 0 Å². The molecule has 6 nitrogen and oxygen atoms in total. The molecule has 0 unspecified atom stereocenters. The number of hydrogen-bond acceptors (Lipinski definition) is 6. The normalized spacial score (nSPS) is 14.9. The van der Waals surface area contributed by atoms with Crippen LogP contribution in [0.4, 0.5) is 0 Å². The molecule has 0 saturated carbocycles. The molecule has 0 aliphatic rings. The van der Waals surface area contributed by atoms with Gasteiger partial charge in [-0.1, -0.05) is 23.3 Å². The second-order valence-corrected chi connectivity index (χ2v) is 37.5. The van der Waals surface area contributed by atoms with Crippen LogP contribution in [0.25, 0.3) is 0 Å². The van der Waals surface area contributed by atoms with Crippen LogP contribution in [-0.2, 0) is 26.0 Å². The maximum atomic E-state index is 14.8. The Hall–Kier alpha value is 0.648. The summed E-state index contributed by atoms with van der Waals surface area (Å²) in [6.07, 6.45) is 7.30. The minimum Gasteiger partial charge on any atom is -0.351 e. The largest absolute Gasteiger partial charge is 0.351 e. The molecule has 0 aliphatic carbocycles. The molecular formula is C24H56O6P2Si4. The van der Waals surface area contributed by atoms with Crippen LogP contribution in [0.15, 0.2) is 23.3 Å². The van der Waals surface area contributed by atoms with Crippen molar-refractivity contribution in [2.75, 3.05) is 0 Å². The highest BCUT2D eigenvalue weighted by molar-refractivity contribution is 7.75. The molecule has 0 atom stereocenters. The Labute approximate surface area is 227 Å². The van der Waals surface area contributed by atoms with E-state index in [9.17, 15) is 9.13 Å². The lowest BCUT2D eigenvalue weighted by molar-refractivity contribution is 0.347. The molecule has 12 heteroatoms. The van der Waals surface area contributed by atoms with Gasteiger partial charge >= 0.3 is 15.2 Å². The first-order chi connectivity index (χ1) is 15.8. The number of allylic oxidation sites excluding steroid dienone is 4. The fraction of sp³-hybridized carbons (Fsp3) is 0.833. The molecule has 0 amide bonds. The highest BCUT2D eigenvalue weighted by Gasteiger charge is 2.55. The van der Waals surface area contributed by atoms with E-state index < -0.39 is 53.9 Å². The Bertz CT molecular complexity index is 768. The lowest BCUT2D eigenvalue weighted by atomic mass is 10.1. The Balaban J connectivity index is 6.66. The lowest BCUT2D eigenvalue weighted by Crippen LogP contribution is -2.37. The highest BCUT2D eigenvalue weighted by Crippen LogP contribution is 2.74. The van der Waals surface area contributed by atoms with Gasteiger partial charge in [0.1, 0.15) is 0 Å². The summed E-state index contributed by atoms with van der Waals surface area (Å²) < 4.78 is 55.0. The average molecular weight is 615 g/mol. The smallest absolute Gasteiger partial charge is 0.326 e. The Kier molecular flexibility index (Phi) is 14.1. The number of rotatable bonds is 16. The molecule has 0 saturated heterocycles. The first kappa shape index (κ1) is 36.6. The van der Waals surface area contributed by atoms with Crippen molar-refractivity contribution in [2.45, 2.75) is 130 Å². The van der Waals surface area contributed by atoms with Crippen LogP contribution < -0.4 is 0 Å². The van der Waals surface area contributed by atoms with E-state index in [1.165, 1.54) is 11.1 Å². The summed E-state index contributed by atoms with van der Waals surface area (Å²) in [7, 11) is -17.0. The summed E-state index contributed by atoms with van der Waals surface area (Å²) in [5.41, 5.74) is 2.56. The van der Waals surface area contributed by atoms with E-state index in [4.69, 9.17) is 16.9 Å². The quantitative estimate of drug-likeness (QED) is 0.0978. The molecule has 0 spiro atoms. The monoisotopic (exact) mass is 614 g/mol. The highest BCUT2D eigenvalue weighted by atomic mass is 31.2. The number of hydrogen-bond donors (Lipinski definition) is 0. The van der Waals surface area contributed by atoms with Crippen LogP contribution in [0.1, 0.15) is 46.5 Å². The molecule has 0 aromatic carbocycles. The third-order valence-electron chi connectivity index (χ3n) is 4.34. The van der Waals surface area contributed by atoms with Crippen molar-refractivity contribution in [1.82, 2.24) is 0 Å². The predicted molar refractivity (Wildman–Crippen MR) is 168 cm³/mol. The SMILES string of the molecule is CC(C)=CCC/C(C)=C/CCC(P(=O)(O[Si](C)(C)C)O[Si](C)(C)C)P(=O)(O[Si](C)(C)C)O[Si](C)(C)C. The maximum absolute atomic E-state index is 14.8. The molecular weight excluding hydrogens is 559 g/mol. The van der Waals surface area contributed by atoms with Gasteiger partial charge in [-0.25, -0.2) is 0 Å². The minimum atomic E-state index is -3.84. The topological polar surface area (TPSA) is 71.1 Å². The molecule has 0 aliphatic heterocycles. The molecule has 0 bridgehead atoms. The second-order valence-electron chi connectivity index (χ2n) is 13.8. The van der Waals surface area contributed by atoms with Gasteiger partial charge in [0.2, 0.25) is 0 Å². The van der Waals surface area contributed by atoms with Crippen molar-refractivity contribution in [1.29, 1.82) is 0 Å². The predicted octanol–water partition coefficient (Wildman–Crippen LogP) is 10.6. The van der Waals surface area contributed by atoms with Gasteiger partial charge < -0.3 is 16.9 Å². The van der Waals surface area contributed by atoms with Crippen LogP contribution in [0.3, 0.4) is 0 Å². The zero-order chi connectivity index (χ0) is 28.8. The second kappa shape index (κ2) is 13.8. The summed E-state index contributed by atoms with van der Waals surface area (Å²) in [6.45, 7) is 30.2. The first-order valence-electron chi connectivity index (χ1n) is 13.1. The Morgan fingerprint density at radius 1 is 0.611 bits per heavy atom. The van der Waals surface area contributed by atoms with Crippen molar-refractivity contribution in [3.63, 3.8) is 0 Å². The molecule has 0 fully saturated rings. The van der Waals surface area contributed by atoms with E-state index in [1.807, 2.05) is 78.6 Å². The van der Waals surface area contributed by atoms with E-state index in [2.05, 4.69) is 32.9 Å². The molecule has 0 aromatic rings. The van der Waals surface area contributed by atoms with Crippen molar-refractivity contribution in [2.24, 2.45) is 0 Å². The van der Waals surface area contributed by atoms with E-state index in [1.54, 1.807) is 0 Å². The van der Waals surface area contributed by atoms with Gasteiger partial charge in [-0.3, -0.25) is 9.13 Å². The van der Waals surface area contributed by atoms with Crippen LogP contribution in [0.5, 0.6) is 0 Å². The molecule has 0 aromatic heterocycles. The van der Waals surface area contributed by atoms with Gasteiger partial charge in [0.15, 0.2) is 38.7 Å². The summed E-state index contributed by atoms with van der Waals surface area (Å²) >= 11 is 0.